The number of hydrogen-bond acceptors (Lipinski definition) is 3. The lowest BCUT2D eigenvalue weighted by atomic mass is 10.4. The summed E-state index contributed by atoms with van der Waals surface area (Å²) in [4.78, 5) is 15.7. The number of thiazole rings is 1. The standard InChI is InChI=1S/C9H10N2OS/c1-2-3-4-5-11-9(12)8-6-10-7-13-8/h6-7H,4-5H2,1H3,(H,11,12). The summed E-state index contributed by atoms with van der Waals surface area (Å²) in [5, 5.41) is 2.75. The maximum Gasteiger partial charge on any atom is 0.263 e. The van der Waals surface area contributed by atoms with Gasteiger partial charge in [-0.1, -0.05) is 0 Å². The molecule has 0 atom stereocenters. The lowest BCUT2D eigenvalue weighted by Crippen LogP contribution is -2.23. The van der Waals surface area contributed by atoms with E-state index >= 15 is 0 Å². The highest BCUT2D eigenvalue weighted by atomic mass is 32.1. The minimum absolute atomic E-state index is 0.0691. The van der Waals surface area contributed by atoms with E-state index in [0.29, 0.717) is 17.8 Å². The van der Waals surface area contributed by atoms with Crippen molar-refractivity contribution < 1.29 is 4.79 Å². The SMILES string of the molecule is CC#CCCNC(=O)c1cncs1. The largest absolute Gasteiger partial charge is 0.350 e. The predicted molar refractivity (Wildman–Crippen MR) is 52.5 cm³/mol. The molecule has 3 nitrogen and oxygen atoms in total. The molecule has 0 spiro atoms. The zero-order chi connectivity index (χ0) is 9.52. The lowest BCUT2D eigenvalue weighted by Gasteiger charge is -1.98. The molecule has 0 fully saturated rings. The van der Waals surface area contributed by atoms with Gasteiger partial charge in [0.2, 0.25) is 0 Å². The van der Waals surface area contributed by atoms with Crippen LogP contribution < -0.4 is 5.32 Å². The molecule has 1 N–H and O–H groups in total. The van der Waals surface area contributed by atoms with Crippen LogP contribution in [-0.4, -0.2) is 17.4 Å². The molecule has 0 aliphatic rings. The van der Waals surface area contributed by atoms with Crippen molar-refractivity contribution in [2.45, 2.75) is 13.3 Å². The summed E-state index contributed by atoms with van der Waals surface area (Å²) < 4.78 is 0. The minimum atomic E-state index is -0.0691. The van der Waals surface area contributed by atoms with Crippen LogP contribution in [0.3, 0.4) is 0 Å². The van der Waals surface area contributed by atoms with Crippen molar-refractivity contribution in [1.29, 1.82) is 0 Å². The van der Waals surface area contributed by atoms with Gasteiger partial charge in [-0.25, -0.2) is 0 Å². The van der Waals surface area contributed by atoms with Crippen LogP contribution in [0.4, 0.5) is 0 Å². The first-order valence-corrected chi connectivity index (χ1v) is 4.79. The van der Waals surface area contributed by atoms with Gasteiger partial charge in [-0.3, -0.25) is 9.78 Å². The summed E-state index contributed by atoms with van der Waals surface area (Å²) in [6, 6.07) is 0. The molecule has 0 aromatic carbocycles. The van der Waals surface area contributed by atoms with Crippen LogP contribution in [0.1, 0.15) is 23.0 Å². The van der Waals surface area contributed by atoms with E-state index in [4.69, 9.17) is 0 Å². The Morgan fingerprint density at radius 2 is 2.62 bits per heavy atom. The van der Waals surface area contributed by atoms with E-state index in [0.717, 1.165) is 0 Å². The lowest BCUT2D eigenvalue weighted by molar-refractivity contribution is 0.0958. The molecule has 0 bridgehead atoms. The van der Waals surface area contributed by atoms with Gasteiger partial charge in [-0.2, -0.15) is 0 Å². The Labute approximate surface area is 81.2 Å². The molecule has 13 heavy (non-hydrogen) atoms. The second kappa shape index (κ2) is 5.33. The number of carbonyl (C=O) groups is 1. The van der Waals surface area contributed by atoms with Crippen LogP contribution in [0.25, 0.3) is 0 Å². The predicted octanol–water partition coefficient (Wildman–Crippen LogP) is 1.29. The second-order valence-corrected chi connectivity index (χ2v) is 3.18. The molecule has 1 rings (SSSR count). The molecular weight excluding hydrogens is 184 g/mol. The zero-order valence-electron chi connectivity index (χ0n) is 7.33. The topological polar surface area (TPSA) is 42.0 Å². The quantitative estimate of drug-likeness (QED) is 0.582. The molecule has 1 aromatic rings. The number of nitrogens with zero attached hydrogens (tertiary/aromatic N) is 1. The first-order chi connectivity index (χ1) is 6.34. The summed E-state index contributed by atoms with van der Waals surface area (Å²) in [5.74, 6) is 5.57. The molecule has 1 aromatic heterocycles. The molecule has 1 amide bonds. The Kier molecular flexibility index (Phi) is 4.00. The van der Waals surface area contributed by atoms with Gasteiger partial charge in [0.1, 0.15) is 4.88 Å². The van der Waals surface area contributed by atoms with Gasteiger partial charge < -0.3 is 5.32 Å². The number of carbonyl (C=O) groups excluding carboxylic acids is 1. The third-order valence-electron chi connectivity index (χ3n) is 1.37. The molecule has 0 unspecified atom stereocenters. The monoisotopic (exact) mass is 194 g/mol. The maximum absolute atomic E-state index is 11.3. The van der Waals surface area contributed by atoms with Crippen molar-refractivity contribution in [2.75, 3.05) is 6.54 Å². The third kappa shape index (κ3) is 3.26. The molecule has 4 heteroatoms. The van der Waals surface area contributed by atoms with E-state index < -0.39 is 0 Å². The molecule has 0 saturated carbocycles. The van der Waals surface area contributed by atoms with E-state index in [1.807, 2.05) is 0 Å². The number of nitrogens with one attached hydrogen (secondary N) is 1. The van der Waals surface area contributed by atoms with E-state index in [1.165, 1.54) is 11.3 Å². The van der Waals surface area contributed by atoms with E-state index in [1.54, 1.807) is 18.6 Å². The van der Waals surface area contributed by atoms with Gasteiger partial charge >= 0.3 is 0 Å². The van der Waals surface area contributed by atoms with Crippen molar-refractivity contribution in [3.63, 3.8) is 0 Å². The van der Waals surface area contributed by atoms with Crippen LogP contribution >= 0.6 is 11.3 Å². The third-order valence-corrected chi connectivity index (χ3v) is 2.14. The maximum atomic E-state index is 11.3. The van der Waals surface area contributed by atoms with Crippen LogP contribution in [0.2, 0.25) is 0 Å². The second-order valence-electron chi connectivity index (χ2n) is 2.30. The van der Waals surface area contributed by atoms with E-state index in [9.17, 15) is 4.79 Å². The fourth-order valence-corrected chi connectivity index (χ4v) is 1.31. The Balaban J connectivity index is 2.29. The summed E-state index contributed by atoms with van der Waals surface area (Å²) in [6.45, 7) is 2.38. The normalized spacial score (nSPS) is 8.69. The van der Waals surface area contributed by atoms with Gasteiger partial charge in [0.25, 0.3) is 5.91 Å². The average molecular weight is 194 g/mol. The average Bonchev–Trinajstić information content (AvgIpc) is 2.65. The molecular formula is C9H10N2OS. The smallest absolute Gasteiger partial charge is 0.263 e. The van der Waals surface area contributed by atoms with E-state index in [2.05, 4.69) is 22.1 Å². The van der Waals surface area contributed by atoms with Gasteiger partial charge in [-0.15, -0.1) is 23.2 Å². The fourth-order valence-electron chi connectivity index (χ4n) is 0.779. The number of amides is 1. The Bertz CT molecular complexity index is 321. The summed E-state index contributed by atoms with van der Waals surface area (Å²) in [6.07, 6.45) is 2.26. The molecule has 68 valence electrons. The minimum Gasteiger partial charge on any atom is -0.350 e. The Morgan fingerprint density at radius 1 is 1.77 bits per heavy atom. The van der Waals surface area contributed by atoms with Crippen molar-refractivity contribution in [2.24, 2.45) is 0 Å². The zero-order valence-corrected chi connectivity index (χ0v) is 8.15. The van der Waals surface area contributed by atoms with Crippen molar-refractivity contribution in [3.8, 4) is 11.8 Å². The molecule has 1 heterocycles. The first kappa shape index (κ1) is 9.75. The number of rotatable bonds is 3. The number of hydrogen-bond donors (Lipinski definition) is 1. The van der Waals surface area contributed by atoms with Crippen LogP contribution in [0.15, 0.2) is 11.7 Å². The summed E-state index contributed by atoms with van der Waals surface area (Å²) >= 11 is 1.34. The number of aromatic nitrogens is 1. The summed E-state index contributed by atoms with van der Waals surface area (Å²) in [5.41, 5.74) is 1.64. The molecule has 0 saturated heterocycles. The Hall–Kier alpha value is -1.34. The van der Waals surface area contributed by atoms with Gasteiger partial charge in [0.15, 0.2) is 0 Å². The highest BCUT2D eigenvalue weighted by Gasteiger charge is 2.04. The molecule has 0 aliphatic heterocycles. The summed E-state index contributed by atoms with van der Waals surface area (Å²) in [7, 11) is 0. The van der Waals surface area contributed by atoms with Crippen molar-refractivity contribution in [3.05, 3.63) is 16.6 Å². The van der Waals surface area contributed by atoms with Crippen LogP contribution in [0, 0.1) is 11.8 Å². The van der Waals surface area contributed by atoms with Gasteiger partial charge in [0.05, 0.1) is 11.7 Å². The highest BCUT2D eigenvalue weighted by molar-refractivity contribution is 7.11. The molecule has 0 aliphatic carbocycles. The van der Waals surface area contributed by atoms with Crippen LogP contribution in [0.5, 0.6) is 0 Å². The van der Waals surface area contributed by atoms with Gasteiger partial charge in [-0.05, 0) is 6.92 Å². The van der Waals surface area contributed by atoms with E-state index in [-0.39, 0.29) is 5.91 Å². The Morgan fingerprint density at radius 3 is 3.23 bits per heavy atom. The van der Waals surface area contributed by atoms with Crippen molar-refractivity contribution >= 4 is 17.2 Å². The van der Waals surface area contributed by atoms with Crippen LogP contribution in [-0.2, 0) is 0 Å². The first-order valence-electron chi connectivity index (χ1n) is 3.91. The highest BCUT2D eigenvalue weighted by Crippen LogP contribution is 2.04. The fraction of sp³-hybridized carbons (Fsp3) is 0.333. The molecule has 0 radical (unpaired) electrons. The van der Waals surface area contributed by atoms with Gasteiger partial charge in [0, 0.05) is 13.0 Å². The van der Waals surface area contributed by atoms with Crippen molar-refractivity contribution in [1.82, 2.24) is 10.3 Å².